The van der Waals surface area contributed by atoms with Gasteiger partial charge in [0.05, 0.1) is 0 Å². The van der Waals surface area contributed by atoms with Gasteiger partial charge >= 0.3 is 37.9 Å². The number of nitrogens with zero attached hydrogens (tertiary/aromatic N) is 2. The Kier molecular flexibility index (Phi) is 7.61. The van der Waals surface area contributed by atoms with Crippen LogP contribution in [0.2, 0.25) is 0 Å². The van der Waals surface area contributed by atoms with Crippen LogP contribution in [0.3, 0.4) is 0 Å². The summed E-state index contributed by atoms with van der Waals surface area (Å²) in [7, 11) is 9.87. The number of halogens is 2. The monoisotopic (exact) mass is 434 g/mol. The number of fused-ring (bicyclic) bond motifs is 1. The number of hydrogen-bond acceptors (Lipinski definition) is 1. The predicted octanol–water partition coefficient (Wildman–Crippen LogP) is 6.06. The zero-order valence-electron chi connectivity index (χ0n) is 13.6. The number of rotatable bonds is 1. The molecule has 0 unspecified atom stereocenters. The smallest absolute Gasteiger partial charge is 0.0493 e. The van der Waals surface area contributed by atoms with Crippen LogP contribution < -0.4 is 0 Å². The molecule has 2 nitrogen and oxygen atoms in total. The van der Waals surface area contributed by atoms with Gasteiger partial charge in [-0.3, -0.25) is 10.8 Å². The van der Waals surface area contributed by atoms with Crippen LogP contribution >= 0.6 is 17.0 Å². The topological polar surface area (TPSA) is 17.8 Å². The molecule has 0 saturated heterocycles. The molecule has 1 aliphatic rings. The molecule has 0 spiro atoms. The van der Waals surface area contributed by atoms with Crippen molar-refractivity contribution in [3.8, 4) is 5.69 Å². The van der Waals surface area contributed by atoms with Crippen LogP contribution in [0.15, 0.2) is 73.1 Å². The molecular weight excluding hydrogens is 418 g/mol. The third-order valence-corrected chi connectivity index (χ3v) is 3.44. The van der Waals surface area contributed by atoms with Crippen molar-refractivity contribution in [2.24, 2.45) is 5.41 Å². The van der Waals surface area contributed by atoms with E-state index in [1.54, 1.807) is 6.20 Å². The van der Waals surface area contributed by atoms with E-state index in [0.29, 0.717) is 0 Å². The van der Waals surface area contributed by atoms with Crippen molar-refractivity contribution in [1.29, 1.82) is 0 Å². The third kappa shape index (κ3) is 5.81. The summed E-state index contributed by atoms with van der Waals surface area (Å²) < 4.78 is 1.88. The molecule has 1 heterocycles. The molecule has 1 aromatic heterocycles. The molecule has 5 heteroatoms. The molecule has 1 aliphatic carbocycles. The summed E-state index contributed by atoms with van der Waals surface area (Å²) in [4.78, 5) is 0. The Bertz CT molecular complexity index is 755. The first-order valence-electron chi connectivity index (χ1n) is 7.46. The average molecular weight is 436 g/mol. The van der Waals surface area contributed by atoms with E-state index in [1.807, 2.05) is 29.1 Å². The molecule has 0 N–H and O–H groups in total. The fraction of sp³-hybridized carbons (Fsp3) is 0.158. The fourth-order valence-corrected chi connectivity index (χ4v) is 2.29. The largest absolute Gasteiger partial charge is 0.260 e. The van der Waals surface area contributed by atoms with Crippen molar-refractivity contribution in [3.63, 3.8) is 0 Å². The first-order chi connectivity index (χ1) is 11.6. The van der Waals surface area contributed by atoms with Crippen LogP contribution in [0, 0.1) is 11.5 Å². The predicted molar refractivity (Wildman–Crippen MR) is 99.1 cm³/mol. The normalized spacial score (nSPS) is 13.7. The summed E-state index contributed by atoms with van der Waals surface area (Å²) in [6.07, 6.45) is 13.0. The van der Waals surface area contributed by atoms with Gasteiger partial charge in [0.15, 0.2) is 0 Å². The molecule has 0 aliphatic heterocycles. The number of benzene rings is 1. The summed E-state index contributed by atoms with van der Waals surface area (Å²) in [6.45, 7) is 4.26. The van der Waals surface area contributed by atoms with Crippen molar-refractivity contribution in [2.75, 3.05) is 0 Å². The SMILES string of the molecule is CC1(C)[C-]=CC=C1.[Cl][Zr+2][Cl].c1ccc2[cH-]c(-n3cccn3)cc2c1. The first-order valence-corrected chi connectivity index (χ1v) is 13.8. The van der Waals surface area contributed by atoms with Crippen LogP contribution in [0.5, 0.6) is 0 Å². The van der Waals surface area contributed by atoms with Gasteiger partial charge in [-0.2, -0.15) is 11.2 Å². The van der Waals surface area contributed by atoms with E-state index in [-0.39, 0.29) is 5.41 Å². The Morgan fingerprint density at radius 3 is 2.46 bits per heavy atom. The minimum absolute atomic E-state index is 0.208. The molecule has 0 saturated carbocycles. The van der Waals surface area contributed by atoms with Crippen LogP contribution in [-0.2, 0) is 20.8 Å². The van der Waals surface area contributed by atoms with Gasteiger partial charge in [0, 0.05) is 12.4 Å². The van der Waals surface area contributed by atoms with Gasteiger partial charge in [0.1, 0.15) is 0 Å². The molecule has 0 atom stereocenters. The molecule has 24 heavy (non-hydrogen) atoms. The molecule has 4 rings (SSSR count). The van der Waals surface area contributed by atoms with E-state index in [9.17, 15) is 0 Å². The Morgan fingerprint density at radius 2 is 1.96 bits per heavy atom. The summed E-state index contributed by atoms with van der Waals surface area (Å²) in [5, 5.41) is 6.72. The van der Waals surface area contributed by atoms with Gasteiger partial charge in [0.25, 0.3) is 0 Å². The first kappa shape index (κ1) is 19.3. The van der Waals surface area contributed by atoms with Crippen LogP contribution in [0.4, 0.5) is 0 Å². The van der Waals surface area contributed by atoms with Gasteiger partial charge < -0.3 is 0 Å². The Labute approximate surface area is 161 Å². The second-order valence-electron chi connectivity index (χ2n) is 5.76. The minimum atomic E-state index is -0.826. The molecule has 0 amide bonds. The van der Waals surface area contributed by atoms with Gasteiger partial charge in [-0.1, -0.05) is 25.3 Å². The third-order valence-electron chi connectivity index (χ3n) is 3.44. The second-order valence-corrected chi connectivity index (χ2v) is 9.49. The minimum Gasteiger partial charge on any atom is -0.260 e. The van der Waals surface area contributed by atoms with Gasteiger partial charge in [0.2, 0.25) is 0 Å². The molecule has 0 fully saturated rings. The van der Waals surface area contributed by atoms with Crippen molar-refractivity contribution < 1.29 is 20.8 Å². The van der Waals surface area contributed by atoms with Crippen molar-refractivity contribution in [1.82, 2.24) is 9.78 Å². The van der Waals surface area contributed by atoms with E-state index in [1.165, 1.54) is 10.8 Å². The van der Waals surface area contributed by atoms with E-state index in [2.05, 4.69) is 67.5 Å². The molecule has 0 bridgehead atoms. The number of hydrogen-bond donors (Lipinski definition) is 0. The van der Waals surface area contributed by atoms with Crippen molar-refractivity contribution >= 4 is 27.8 Å². The Balaban J connectivity index is 0.000000176. The van der Waals surface area contributed by atoms with E-state index in [0.717, 1.165) is 5.69 Å². The zero-order chi connectivity index (χ0) is 17.4. The Hall–Kier alpha value is -1.02. The second kappa shape index (κ2) is 9.46. The maximum absolute atomic E-state index is 4.93. The number of aromatic nitrogens is 2. The summed E-state index contributed by atoms with van der Waals surface area (Å²) >= 11 is -0.826. The van der Waals surface area contributed by atoms with Gasteiger partial charge in [-0.15, -0.1) is 41.1 Å². The summed E-state index contributed by atoms with van der Waals surface area (Å²) in [5.74, 6) is 0. The van der Waals surface area contributed by atoms with E-state index < -0.39 is 20.8 Å². The summed E-state index contributed by atoms with van der Waals surface area (Å²) in [6, 6.07) is 14.5. The fourth-order valence-electron chi connectivity index (χ4n) is 2.29. The van der Waals surface area contributed by atoms with E-state index >= 15 is 0 Å². The van der Waals surface area contributed by atoms with Gasteiger partial charge in [-0.25, -0.2) is 12.2 Å². The molecule has 2 aromatic carbocycles. The maximum atomic E-state index is 4.93. The molecular formula is C19H18Cl2N2Zr. The Morgan fingerprint density at radius 1 is 1.21 bits per heavy atom. The number of allylic oxidation sites excluding steroid dienone is 4. The van der Waals surface area contributed by atoms with Crippen LogP contribution in [0.25, 0.3) is 16.5 Å². The van der Waals surface area contributed by atoms with Crippen molar-refractivity contribution in [2.45, 2.75) is 13.8 Å². The molecule has 3 aromatic rings. The molecule has 122 valence electrons. The summed E-state index contributed by atoms with van der Waals surface area (Å²) in [5.41, 5.74) is 1.33. The zero-order valence-corrected chi connectivity index (χ0v) is 17.5. The standard InChI is InChI=1S/C12H9N2.C7H9.2ClH.Zr/c1-2-5-11-9-12(8-10(11)4-1)14-7-3-6-13-14;1-7(2)5-3-4-6-7;;;/h1-9H;3-5H,1-2H3;2*1H;/q2*-1;;;+4/p-2. The maximum Gasteiger partial charge on any atom is 0.0493 e. The van der Waals surface area contributed by atoms with Crippen LogP contribution in [-0.4, -0.2) is 9.78 Å². The van der Waals surface area contributed by atoms with Gasteiger partial charge in [-0.05, 0) is 11.8 Å². The average Bonchev–Trinajstić information content (AvgIpc) is 3.27. The van der Waals surface area contributed by atoms with Crippen molar-refractivity contribution in [3.05, 3.63) is 79.2 Å². The quantitative estimate of drug-likeness (QED) is 0.424. The van der Waals surface area contributed by atoms with E-state index in [4.69, 9.17) is 17.0 Å². The molecule has 0 radical (unpaired) electrons. The van der Waals surface area contributed by atoms with Crippen LogP contribution in [0.1, 0.15) is 13.8 Å².